The fourth-order valence-electron chi connectivity index (χ4n) is 3.48. The third-order valence-corrected chi connectivity index (χ3v) is 4.69. The number of ether oxygens (including phenoxy) is 3. The molecule has 0 unspecified atom stereocenters. The SMILES string of the molecule is CCOc1ccc(C(=O)N2CCC[C@H](Oc3nc(C)cc(C)n3)C2)cc1OCC. The van der Waals surface area contributed by atoms with E-state index in [9.17, 15) is 4.79 Å². The second-order valence-corrected chi connectivity index (χ2v) is 7.09. The van der Waals surface area contributed by atoms with Crippen LogP contribution in [0.15, 0.2) is 24.3 Å². The Morgan fingerprint density at radius 1 is 1.07 bits per heavy atom. The van der Waals surface area contributed by atoms with Crippen LogP contribution in [0.25, 0.3) is 0 Å². The quantitative estimate of drug-likeness (QED) is 0.709. The summed E-state index contributed by atoms with van der Waals surface area (Å²) in [6.45, 7) is 9.91. The Morgan fingerprint density at radius 2 is 1.76 bits per heavy atom. The van der Waals surface area contributed by atoms with Crippen LogP contribution in [0.5, 0.6) is 17.5 Å². The molecule has 0 aliphatic carbocycles. The van der Waals surface area contributed by atoms with Crippen molar-refractivity contribution in [2.75, 3.05) is 26.3 Å². The fraction of sp³-hybridized carbons (Fsp3) is 0.500. The summed E-state index contributed by atoms with van der Waals surface area (Å²) in [6, 6.07) is 7.62. The molecule has 0 spiro atoms. The van der Waals surface area contributed by atoms with E-state index in [4.69, 9.17) is 14.2 Å². The number of hydrogen-bond acceptors (Lipinski definition) is 6. The summed E-state index contributed by atoms with van der Waals surface area (Å²) in [4.78, 5) is 23.6. The smallest absolute Gasteiger partial charge is 0.317 e. The van der Waals surface area contributed by atoms with Crippen LogP contribution in [0.3, 0.4) is 0 Å². The molecule has 1 aliphatic rings. The normalized spacial score (nSPS) is 16.4. The Labute approximate surface area is 172 Å². The van der Waals surface area contributed by atoms with E-state index in [1.54, 1.807) is 18.2 Å². The van der Waals surface area contributed by atoms with Crippen molar-refractivity contribution in [1.29, 1.82) is 0 Å². The predicted molar refractivity (Wildman–Crippen MR) is 110 cm³/mol. The predicted octanol–water partition coefficient (Wildman–Crippen LogP) is 3.57. The van der Waals surface area contributed by atoms with Gasteiger partial charge in [0.05, 0.1) is 19.8 Å². The molecule has 1 saturated heterocycles. The molecule has 2 aromatic rings. The molecule has 0 saturated carbocycles. The van der Waals surface area contributed by atoms with Crippen molar-refractivity contribution in [3.05, 3.63) is 41.2 Å². The molecule has 7 nitrogen and oxygen atoms in total. The first-order chi connectivity index (χ1) is 14.0. The average molecular weight is 399 g/mol. The summed E-state index contributed by atoms with van der Waals surface area (Å²) >= 11 is 0. The highest BCUT2D eigenvalue weighted by atomic mass is 16.5. The van der Waals surface area contributed by atoms with Crippen LogP contribution < -0.4 is 14.2 Å². The number of aromatic nitrogens is 2. The average Bonchev–Trinajstić information content (AvgIpc) is 2.68. The highest BCUT2D eigenvalue weighted by Crippen LogP contribution is 2.29. The molecule has 7 heteroatoms. The maximum absolute atomic E-state index is 13.1. The molecular formula is C22H29N3O4. The van der Waals surface area contributed by atoms with Crippen molar-refractivity contribution in [3.8, 4) is 17.5 Å². The van der Waals surface area contributed by atoms with Gasteiger partial charge in [0.1, 0.15) is 6.10 Å². The first-order valence-corrected chi connectivity index (χ1v) is 10.2. The van der Waals surface area contributed by atoms with Crippen LogP contribution in [-0.4, -0.2) is 53.2 Å². The van der Waals surface area contributed by atoms with Crippen molar-refractivity contribution >= 4 is 5.91 Å². The molecule has 1 aliphatic heterocycles. The Morgan fingerprint density at radius 3 is 2.45 bits per heavy atom. The number of benzene rings is 1. The molecule has 1 fully saturated rings. The molecule has 1 amide bonds. The highest BCUT2D eigenvalue weighted by molar-refractivity contribution is 5.95. The second kappa shape index (κ2) is 9.58. The van der Waals surface area contributed by atoms with Crippen molar-refractivity contribution in [2.24, 2.45) is 0 Å². The van der Waals surface area contributed by atoms with E-state index in [1.807, 2.05) is 38.7 Å². The molecule has 29 heavy (non-hydrogen) atoms. The van der Waals surface area contributed by atoms with E-state index < -0.39 is 0 Å². The van der Waals surface area contributed by atoms with Crippen LogP contribution in [0, 0.1) is 13.8 Å². The van der Waals surface area contributed by atoms with Gasteiger partial charge in [-0.25, -0.2) is 9.97 Å². The monoisotopic (exact) mass is 399 g/mol. The minimum absolute atomic E-state index is 0.0383. The number of aryl methyl sites for hydroxylation is 2. The van der Waals surface area contributed by atoms with Crippen molar-refractivity contribution in [1.82, 2.24) is 14.9 Å². The Bertz CT molecular complexity index is 836. The molecule has 1 aromatic heterocycles. The lowest BCUT2D eigenvalue weighted by molar-refractivity contribution is 0.0514. The van der Waals surface area contributed by atoms with E-state index >= 15 is 0 Å². The number of likely N-dealkylation sites (tertiary alicyclic amines) is 1. The van der Waals surface area contributed by atoms with Crippen LogP contribution in [0.4, 0.5) is 0 Å². The maximum atomic E-state index is 13.1. The zero-order chi connectivity index (χ0) is 20.8. The second-order valence-electron chi connectivity index (χ2n) is 7.09. The molecule has 1 aromatic carbocycles. The standard InChI is InChI=1S/C22H29N3O4/c1-5-27-19-10-9-17(13-20(19)28-6-2)21(26)25-11-7-8-18(14-25)29-22-23-15(3)12-16(4)24-22/h9-10,12-13,18H,5-8,11,14H2,1-4H3/t18-/m0/s1. The summed E-state index contributed by atoms with van der Waals surface area (Å²) in [6.07, 6.45) is 1.62. The Hall–Kier alpha value is -2.83. The number of carbonyl (C=O) groups is 1. The molecule has 156 valence electrons. The van der Waals surface area contributed by atoms with Gasteiger partial charge in [0.15, 0.2) is 11.5 Å². The first kappa shape index (κ1) is 20.9. The Balaban J connectivity index is 1.71. The van der Waals surface area contributed by atoms with Crippen LogP contribution >= 0.6 is 0 Å². The Kier molecular flexibility index (Phi) is 6.90. The summed E-state index contributed by atoms with van der Waals surface area (Å²) < 4.78 is 17.2. The van der Waals surface area contributed by atoms with Gasteiger partial charge in [0.25, 0.3) is 5.91 Å². The first-order valence-electron chi connectivity index (χ1n) is 10.2. The highest BCUT2D eigenvalue weighted by Gasteiger charge is 2.27. The minimum Gasteiger partial charge on any atom is -0.490 e. The van der Waals surface area contributed by atoms with E-state index in [0.29, 0.717) is 49.4 Å². The topological polar surface area (TPSA) is 73.8 Å². The molecule has 0 N–H and O–H groups in total. The van der Waals surface area contributed by atoms with Gasteiger partial charge in [0.2, 0.25) is 0 Å². The van der Waals surface area contributed by atoms with Crippen molar-refractivity contribution < 1.29 is 19.0 Å². The van der Waals surface area contributed by atoms with E-state index in [-0.39, 0.29) is 12.0 Å². The summed E-state index contributed by atoms with van der Waals surface area (Å²) in [7, 11) is 0. The van der Waals surface area contributed by atoms with Gasteiger partial charge in [0, 0.05) is 23.5 Å². The number of hydrogen-bond donors (Lipinski definition) is 0. The zero-order valence-electron chi connectivity index (χ0n) is 17.6. The third kappa shape index (κ3) is 5.37. The van der Waals surface area contributed by atoms with Gasteiger partial charge in [-0.2, -0.15) is 0 Å². The van der Waals surface area contributed by atoms with E-state index in [0.717, 1.165) is 24.2 Å². The van der Waals surface area contributed by atoms with Crippen molar-refractivity contribution in [2.45, 2.75) is 46.6 Å². The number of nitrogens with zero attached hydrogens (tertiary/aromatic N) is 3. The molecule has 0 radical (unpaired) electrons. The summed E-state index contributed by atoms with van der Waals surface area (Å²) in [5.74, 6) is 1.20. The number of carbonyl (C=O) groups excluding carboxylic acids is 1. The van der Waals surface area contributed by atoms with Gasteiger partial charge in [-0.1, -0.05) is 0 Å². The molecule has 2 heterocycles. The number of amides is 1. The van der Waals surface area contributed by atoms with Crippen LogP contribution in [0.2, 0.25) is 0 Å². The lowest BCUT2D eigenvalue weighted by atomic mass is 10.1. The van der Waals surface area contributed by atoms with Gasteiger partial charge in [-0.05, 0) is 64.8 Å². The van der Waals surface area contributed by atoms with Gasteiger partial charge < -0.3 is 19.1 Å². The molecule has 3 rings (SSSR count). The van der Waals surface area contributed by atoms with Crippen molar-refractivity contribution in [3.63, 3.8) is 0 Å². The lowest BCUT2D eigenvalue weighted by Gasteiger charge is -2.32. The largest absolute Gasteiger partial charge is 0.490 e. The van der Waals surface area contributed by atoms with Crippen LogP contribution in [-0.2, 0) is 0 Å². The number of rotatable bonds is 7. The molecular weight excluding hydrogens is 370 g/mol. The number of piperidine rings is 1. The fourth-order valence-corrected chi connectivity index (χ4v) is 3.48. The van der Waals surface area contributed by atoms with Gasteiger partial charge >= 0.3 is 6.01 Å². The lowest BCUT2D eigenvalue weighted by Crippen LogP contribution is -2.44. The molecule has 0 bridgehead atoms. The third-order valence-electron chi connectivity index (χ3n) is 4.69. The zero-order valence-corrected chi connectivity index (χ0v) is 17.6. The maximum Gasteiger partial charge on any atom is 0.317 e. The van der Waals surface area contributed by atoms with E-state index in [2.05, 4.69) is 9.97 Å². The minimum atomic E-state index is -0.122. The summed E-state index contributed by atoms with van der Waals surface area (Å²) in [5.41, 5.74) is 2.32. The van der Waals surface area contributed by atoms with Crippen LogP contribution in [0.1, 0.15) is 48.4 Å². The van der Waals surface area contributed by atoms with E-state index in [1.165, 1.54) is 0 Å². The molecule has 1 atom stereocenters. The van der Waals surface area contributed by atoms with Gasteiger partial charge in [-0.15, -0.1) is 0 Å². The van der Waals surface area contributed by atoms with Gasteiger partial charge in [-0.3, -0.25) is 4.79 Å². The summed E-state index contributed by atoms with van der Waals surface area (Å²) in [5, 5.41) is 0.